The second kappa shape index (κ2) is 24.2. The second-order valence-electron chi connectivity index (χ2n) is 15.2. The molecule has 360 valence electrons. The van der Waals surface area contributed by atoms with Crippen LogP contribution in [0, 0.1) is 0 Å². The van der Waals surface area contributed by atoms with Crippen molar-refractivity contribution in [2.75, 3.05) is 35.5 Å². The summed E-state index contributed by atoms with van der Waals surface area (Å²) >= 11 is 32.3. The summed E-state index contributed by atoms with van der Waals surface area (Å²) in [5.41, 5.74) is 2.94. The van der Waals surface area contributed by atoms with Crippen LogP contribution in [0.3, 0.4) is 0 Å². The lowest BCUT2D eigenvalue weighted by Crippen LogP contribution is -2.32. The Bertz CT molecular complexity index is 2860. The maximum Gasteiger partial charge on any atom is 0.258 e. The van der Waals surface area contributed by atoms with Crippen molar-refractivity contribution in [1.29, 1.82) is 0 Å². The highest BCUT2D eigenvalue weighted by Crippen LogP contribution is 2.36. The summed E-state index contributed by atoms with van der Waals surface area (Å²) in [4.78, 5) is 79.0. The van der Waals surface area contributed by atoms with Gasteiger partial charge in [0.1, 0.15) is 22.9 Å². The van der Waals surface area contributed by atoms with Crippen LogP contribution in [0.25, 0.3) is 0 Å². The molecule has 0 bridgehead atoms. The van der Waals surface area contributed by atoms with E-state index < -0.39 is 63.4 Å². The molecule has 0 aliphatic rings. The van der Waals surface area contributed by atoms with Crippen molar-refractivity contribution in [2.45, 2.75) is 62.8 Å². The van der Waals surface area contributed by atoms with Crippen LogP contribution in [0.15, 0.2) is 111 Å². The van der Waals surface area contributed by atoms with Crippen molar-refractivity contribution in [3.05, 3.63) is 129 Å². The van der Waals surface area contributed by atoms with Crippen molar-refractivity contribution in [3.8, 4) is 11.5 Å². The van der Waals surface area contributed by atoms with Crippen LogP contribution in [0.1, 0.15) is 88.2 Å². The Kier molecular flexibility index (Phi) is 18.8. The maximum atomic E-state index is 13.6. The molecule has 0 saturated carbocycles. The monoisotopic (exact) mass is 1040 g/mol. The fourth-order valence-electron chi connectivity index (χ4n) is 6.56. The van der Waals surface area contributed by atoms with Gasteiger partial charge in [-0.3, -0.25) is 28.8 Å². The standard InChI is InChI=1S/C48H45Cl5N8O8/c1-23(49)33-20-28(56-47(66)43(26(4)62)60-58-37-12-8-10-31(41(37)52)45(64)54-29-15-18-39(68-6)34(21-29)24(2)50)14-17-36(33)57-48(67)44(27(5)63)61-59-38-13-9-11-32(42(38)53)46(65)55-30-16-19-40(69-7)35(22-30)25(3)51/h8-25,43-44H,1-7H3,(H,54,64)(H,55,65)(H,56,66)(H,57,67). The number of carbonyl (C=O) groups is 6. The number of amides is 4. The van der Waals surface area contributed by atoms with Gasteiger partial charge in [-0.25, -0.2) is 0 Å². The summed E-state index contributed by atoms with van der Waals surface area (Å²) in [6.45, 7) is 7.44. The number of ether oxygens (including phenoxy) is 2. The minimum absolute atomic E-state index is 0.00742. The van der Waals surface area contributed by atoms with Crippen LogP contribution < -0.4 is 30.7 Å². The van der Waals surface area contributed by atoms with Crippen molar-refractivity contribution >= 4 is 127 Å². The molecule has 0 aliphatic heterocycles. The van der Waals surface area contributed by atoms with Gasteiger partial charge in [0.15, 0.2) is 11.6 Å². The SMILES string of the molecule is COc1ccc(NC(=O)c2cccc(N=NC(C(C)=O)C(=O)Nc3ccc(NC(=O)C(N=Nc4cccc(C(=O)Nc5ccc(OC)c(C(C)Cl)c5)c4Cl)C(C)=O)c(C(C)Cl)c3)c2Cl)cc1C(C)Cl. The normalized spacial score (nSPS) is 13.4. The molecule has 5 atom stereocenters. The van der Waals surface area contributed by atoms with Crippen molar-refractivity contribution in [1.82, 2.24) is 0 Å². The Morgan fingerprint density at radius 2 is 0.884 bits per heavy atom. The third-order valence-corrected chi connectivity index (χ3v) is 11.6. The van der Waals surface area contributed by atoms with Crippen molar-refractivity contribution in [2.24, 2.45) is 20.5 Å². The molecular weight excluding hydrogens is 994 g/mol. The number of carbonyl (C=O) groups excluding carboxylic acids is 6. The van der Waals surface area contributed by atoms with E-state index in [0.717, 1.165) is 13.8 Å². The lowest BCUT2D eigenvalue weighted by molar-refractivity contribution is -0.127. The van der Waals surface area contributed by atoms with Gasteiger partial charge < -0.3 is 30.7 Å². The minimum Gasteiger partial charge on any atom is -0.496 e. The number of Topliss-reactive ketones (excluding diaryl/α,β-unsaturated/α-hetero) is 2. The Labute approximate surface area is 422 Å². The van der Waals surface area contributed by atoms with E-state index in [0.29, 0.717) is 39.6 Å². The second-order valence-corrected chi connectivity index (χ2v) is 17.9. The number of nitrogens with one attached hydrogen (secondary N) is 4. The zero-order valence-electron chi connectivity index (χ0n) is 38.0. The van der Waals surface area contributed by atoms with E-state index in [-0.39, 0.29) is 43.9 Å². The number of azo groups is 2. The molecule has 5 rings (SSSR count). The van der Waals surface area contributed by atoms with Gasteiger partial charge in [-0.05, 0) is 119 Å². The van der Waals surface area contributed by atoms with Crippen LogP contribution >= 0.6 is 58.0 Å². The summed E-state index contributed by atoms with van der Waals surface area (Å²) in [6.07, 6.45) is 0. The lowest BCUT2D eigenvalue weighted by Gasteiger charge is -2.17. The van der Waals surface area contributed by atoms with Gasteiger partial charge in [0.25, 0.3) is 23.6 Å². The molecule has 21 heteroatoms. The minimum atomic E-state index is -1.65. The first-order valence-corrected chi connectivity index (χ1v) is 22.9. The third kappa shape index (κ3) is 13.6. The summed E-state index contributed by atoms with van der Waals surface area (Å²) in [5.74, 6) is -3.10. The average Bonchev–Trinajstić information content (AvgIpc) is 3.30. The fraction of sp³-hybridized carbons (Fsp3) is 0.250. The number of benzene rings is 5. The largest absolute Gasteiger partial charge is 0.496 e. The third-order valence-electron chi connectivity index (χ3n) is 10.1. The number of ketones is 2. The summed E-state index contributed by atoms with van der Waals surface area (Å²) in [7, 11) is 3.02. The van der Waals surface area contributed by atoms with Crippen LogP contribution in [0.4, 0.5) is 34.1 Å². The number of methoxy groups -OCH3 is 2. The molecule has 5 unspecified atom stereocenters. The molecule has 0 fully saturated rings. The topological polar surface area (TPSA) is 218 Å². The molecule has 0 saturated heterocycles. The summed E-state index contributed by atoms with van der Waals surface area (Å²) in [5, 5.41) is 25.1. The van der Waals surface area contributed by atoms with Crippen LogP contribution in [-0.2, 0) is 19.2 Å². The Morgan fingerprint density at radius 1 is 0.507 bits per heavy atom. The average molecular weight is 1040 g/mol. The van der Waals surface area contributed by atoms with Crippen LogP contribution in [0.2, 0.25) is 10.0 Å². The van der Waals surface area contributed by atoms with Gasteiger partial charge in [0.2, 0.25) is 12.1 Å². The molecule has 0 aromatic heterocycles. The van der Waals surface area contributed by atoms with E-state index in [9.17, 15) is 28.8 Å². The predicted molar refractivity (Wildman–Crippen MR) is 269 cm³/mol. The number of anilines is 4. The van der Waals surface area contributed by atoms with Gasteiger partial charge in [0, 0.05) is 33.9 Å². The van der Waals surface area contributed by atoms with Gasteiger partial charge in [-0.15, -0.1) is 34.8 Å². The van der Waals surface area contributed by atoms with E-state index in [1.807, 2.05) is 0 Å². The molecule has 0 spiro atoms. The van der Waals surface area contributed by atoms with E-state index in [4.69, 9.17) is 67.5 Å². The zero-order chi connectivity index (χ0) is 50.7. The fourth-order valence-corrected chi connectivity index (χ4v) is 7.58. The first-order chi connectivity index (χ1) is 32.7. The smallest absolute Gasteiger partial charge is 0.258 e. The quantitative estimate of drug-likeness (QED) is 0.0353. The Balaban J connectivity index is 1.28. The van der Waals surface area contributed by atoms with Gasteiger partial charge in [-0.2, -0.15) is 20.5 Å². The molecule has 0 radical (unpaired) electrons. The van der Waals surface area contributed by atoms with Crippen molar-refractivity contribution < 1.29 is 38.2 Å². The molecule has 5 aromatic rings. The van der Waals surface area contributed by atoms with Gasteiger partial charge in [-0.1, -0.05) is 35.3 Å². The van der Waals surface area contributed by atoms with Crippen LogP contribution in [0.5, 0.6) is 11.5 Å². The molecule has 69 heavy (non-hydrogen) atoms. The van der Waals surface area contributed by atoms with Crippen LogP contribution in [-0.4, -0.2) is 61.5 Å². The molecule has 0 heterocycles. The van der Waals surface area contributed by atoms with Gasteiger partial charge >= 0.3 is 0 Å². The summed E-state index contributed by atoms with van der Waals surface area (Å²) < 4.78 is 10.7. The maximum absolute atomic E-state index is 13.6. The molecule has 4 N–H and O–H groups in total. The summed E-state index contributed by atoms with van der Waals surface area (Å²) in [6, 6.07) is 19.8. The molecular formula is C48H45Cl5N8O8. The highest BCUT2D eigenvalue weighted by atomic mass is 35.5. The first-order valence-electron chi connectivity index (χ1n) is 20.8. The molecule has 0 aliphatic carbocycles. The van der Waals surface area contributed by atoms with E-state index in [2.05, 4.69) is 41.7 Å². The number of nitrogens with zero attached hydrogens (tertiary/aromatic N) is 4. The zero-order valence-corrected chi connectivity index (χ0v) is 41.8. The number of alkyl halides is 3. The van der Waals surface area contributed by atoms with E-state index in [1.165, 1.54) is 68.8 Å². The Morgan fingerprint density at radius 3 is 1.28 bits per heavy atom. The lowest BCUT2D eigenvalue weighted by atomic mass is 10.1. The highest BCUT2D eigenvalue weighted by Gasteiger charge is 2.27. The van der Waals surface area contributed by atoms with E-state index >= 15 is 0 Å². The number of hydrogen-bond donors (Lipinski definition) is 4. The molecule has 16 nitrogen and oxygen atoms in total. The number of hydrogen-bond acceptors (Lipinski definition) is 12. The molecule has 4 amide bonds. The van der Waals surface area contributed by atoms with Gasteiger partial charge in [0.05, 0.1) is 51.5 Å². The van der Waals surface area contributed by atoms with E-state index in [1.54, 1.807) is 57.2 Å². The highest BCUT2D eigenvalue weighted by molar-refractivity contribution is 6.37. The number of rotatable bonds is 19. The van der Waals surface area contributed by atoms with Crippen molar-refractivity contribution in [3.63, 3.8) is 0 Å². The number of halogens is 5. The first kappa shape index (κ1) is 53.5. The predicted octanol–water partition coefficient (Wildman–Crippen LogP) is 12.8. The molecule has 5 aromatic carbocycles. The Hall–Kier alpha value is -6.43.